The Morgan fingerprint density at radius 1 is 1.39 bits per heavy atom. The summed E-state index contributed by atoms with van der Waals surface area (Å²) in [5.41, 5.74) is 1.52. The number of hydrogen-bond acceptors (Lipinski definition) is 6. The average Bonchev–Trinajstić information content (AvgIpc) is 2.67. The van der Waals surface area contributed by atoms with Gasteiger partial charge in [-0.3, -0.25) is 9.59 Å². The van der Waals surface area contributed by atoms with Crippen LogP contribution in [0.15, 0.2) is 23.3 Å². The largest absolute Gasteiger partial charge is 0.484 e. The number of nitrogens with zero attached hydrogens (tertiary/aromatic N) is 2. The van der Waals surface area contributed by atoms with E-state index in [1.165, 1.54) is 17.0 Å². The number of halogens is 2. The summed E-state index contributed by atoms with van der Waals surface area (Å²) in [4.78, 5) is 38.6. The van der Waals surface area contributed by atoms with Crippen molar-refractivity contribution in [3.8, 4) is 5.75 Å². The first-order valence-corrected chi connectivity index (χ1v) is 12.2. The summed E-state index contributed by atoms with van der Waals surface area (Å²) in [6, 6.07) is 3.11. The van der Waals surface area contributed by atoms with Crippen LogP contribution in [0.1, 0.15) is 27.2 Å². The third kappa shape index (κ3) is 7.69. The van der Waals surface area contributed by atoms with Gasteiger partial charge in [-0.25, -0.2) is 14.6 Å². The van der Waals surface area contributed by atoms with Crippen molar-refractivity contribution in [1.29, 1.82) is 0 Å². The number of carbonyl (C=O) groups excluding carboxylic acids is 3. The highest BCUT2D eigenvalue weighted by atomic mass is 35.5. The van der Waals surface area contributed by atoms with E-state index in [4.69, 9.17) is 21.1 Å². The van der Waals surface area contributed by atoms with Gasteiger partial charge in [0.25, 0.3) is 5.91 Å². The molecule has 1 saturated heterocycles. The Hall–Kier alpha value is -2.35. The van der Waals surface area contributed by atoms with Gasteiger partial charge >= 0.3 is 20.5 Å². The number of hydrogen-bond donors (Lipinski definition) is 2. The van der Waals surface area contributed by atoms with Gasteiger partial charge < -0.3 is 18.7 Å². The topological polar surface area (TPSA) is 109 Å². The van der Waals surface area contributed by atoms with Gasteiger partial charge in [0.05, 0.1) is 5.02 Å². The molecule has 0 unspecified atom stereocenters. The fourth-order valence-electron chi connectivity index (χ4n) is 3.02. The van der Waals surface area contributed by atoms with Gasteiger partial charge in [-0.15, -0.1) is 0 Å². The molecule has 1 atom stereocenters. The molecule has 0 bridgehead atoms. The maximum atomic E-state index is 13.5. The van der Waals surface area contributed by atoms with Crippen LogP contribution in [-0.2, 0) is 14.3 Å². The maximum Gasteiger partial charge on any atom is 0.435 e. The minimum absolute atomic E-state index is 0.0427. The third-order valence-corrected chi connectivity index (χ3v) is 7.23. The number of benzene rings is 1. The molecule has 0 aromatic heterocycles. The molecule has 1 aromatic carbocycles. The van der Waals surface area contributed by atoms with E-state index in [0.717, 1.165) is 6.07 Å². The average molecular weight is 471 g/mol. The van der Waals surface area contributed by atoms with Gasteiger partial charge in [0, 0.05) is 18.2 Å². The first-order chi connectivity index (χ1) is 14.5. The number of amides is 3. The van der Waals surface area contributed by atoms with Gasteiger partial charge in [0.1, 0.15) is 23.2 Å². The lowest BCUT2D eigenvalue weighted by Crippen LogP contribution is -2.60. The van der Waals surface area contributed by atoms with E-state index in [0.29, 0.717) is 11.7 Å². The quantitative estimate of drug-likeness (QED) is 0.376. The fourth-order valence-corrected chi connectivity index (χ4v) is 5.69. The van der Waals surface area contributed by atoms with Crippen LogP contribution in [0.5, 0.6) is 5.75 Å². The summed E-state index contributed by atoms with van der Waals surface area (Å²) in [6.07, 6.45) is -0.294. The Labute approximate surface area is 189 Å². The molecule has 2 rings (SSSR count). The van der Waals surface area contributed by atoms with Crippen LogP contribution in [-0.4, -0.2) is 67.6 Å². The monoisotopic (exact) mass is 470 g/mol. The van der Waals surface area contributed by atoms with E-state index in [9.17, 15) is 18.8 Å². The van der Waals surface area contributed by atoms with E-state index in [-0.39, 0.29) is 22.8 Å². The predicted molar refractivity (Wildman–Crippen MR) is 115 cm³/mol. The van der Waals surface area contributed by atoms with E-state index >= 15 is 0 Å². The molecule has 12 heteroatoms. The maximum absolute atomic E-state index is 13.5. The molecule has 31 heavy (non-hydrogen) atoms. The molecule has 1 aliphatic heterocycles. The number of nitrogens with one attached hydrogen (secondary N) is 2. The molecule has 9 nitrogen and oxygen atoms in total. The zero-order chi connectivity index (χ0) is 23.2. The molecule has 168 valence electrons. The van der Waals surface area contributed by atoms with Gasteiger partial charge in [-0.2, -0.15) is 5.10 Å². The van der Waals surface area contributed by atoms with Crippen LogP contribution in [0.4, 0.5) is 9.18 Å². The summed E-state index contributed by atoms with van der Waals surface area (Å²) in [5.74, 6) is -1.33. The second-order valence-electron chi connectivity index (χ2n) is 7.99. The fraction of sp³-hybridized carbons (Fsp3) is 0.474. The smallest absolute Gasteiger partial charge is 0.435 e. The predicted octanol–water partition coefficient (Wildman–Crippen LogP) is 2.25. The van der Waals surface area contributed by atoms with Crippen molar-refractivity contribution >= 4 is 50.6 Å². The van der Waals surface area contributed by atoms with Crippen molar-refractivity contribution in [2.45, 2.75) is 44.1 Å². The van der Waals surface area contributed by atoms with E-state index in [1.54, 1.807) is 20.8 Å². The van der Waals surface area contributed by atoms with Crippen LogP contribution >= 0.6 is 11.6 Å². The lowest BCUT2D eigenvalue weighted by Gasteiger charge is -2.37. The molecule has 0 radical (unpaired) electrons. The molecule has 0 saturated carbocycles. The summed E-state index contributed by atoms with van der Waals surface area (Å²) < 4.78 is 27.1. The van der Waals surface area contributed by atoms with Crippen molar-refractivity contribution in [2.75, 3.05) is 12.0 Å². The highest BCUT2D eigenvalue weighted by molar-refractivity contribution is 6.59. The molecule has 0 aliphatic carbocycles. The highest BCUT2D eigenvalue weighted by Gasteiger charge is 2.41. The number of carbonyl (C=O) groups is 3. The molecule has 2 N–H and O–H groups in total. The minimum atomic E-state index is -1.98. The van der Waals surface area contributed by atoms with Gasteiger partial charge in [-0.1, -0.05) is 16.9 Å². The molecule has 1 heterocycles. The number of hydrazone groups is 1. The van der Waals surface area contributed by atoms with Gasteiger partial charge in [0.15, 0.2) is 6.61 Å². The highest BCUT2D eigenvalue weighted by Crippen LogP contribution is 2.22. The second-order valence-corrected chi connectivity index (χ2v) is 11.0. The zero-order valence-electron chi connectivity index (χ0n) is 17.6. The molecule has 0 spiro atoms. The van der Waals surface area contributed by atoms with E-state index < -0.39 is 49.7 Å². The first-order valence-electron chi connectivity index (χ1n) is 9.62. The van der Waals surface area contributed by atoms with Crippen molar-refractivity contribution in [1.82, 2.24) is 14.6 Å². The molecule has 1 aliphatic rings. The summed E-state index contributed by atoms with van der Waals surface area (Å²) >= 11 is 3.64. The van der Waals surface area contributed by atoms with E-state index in [2.05, 4.69) is 21.5 Å². The lowest BCUT2D eigenvalue weighted by molar-refractivity contribution is -0.126. The molecule has 1 aromatic rings. The third-order valence-electron chi connectivity index (χ3n) is 4.33. The van der Waals surface area contributed by atoms with Crippen molar-refractivity contribution in [3.05, 3.63) is 29.0 Å². The Balaban J connectivity index is 1.99. The molecule has 1 fully saturated rings. The van der Waals surface area contributed by atoms with Crippen molar-refractivity contribution in [3.63, 3.8) is 0 Å². The second kappa shape index (κ2) is 10.8. The molecule has 3 amide bonds. The van der Waals surface area contributed by atoms with E-state index in [1.807, 2.05) is 0 Å². The van der Waals surface area contributed by atoms with Crippen LogP contribution < -0.4 is 14.5 Å². The molecular weight excluding hydrogens is 446 g/mol. The SMILES string of the molecule is C=NNC(=O)[C@@H]1C[CH2][Al]([NH]C(=O)COc2ccc(Cl)c(F)c2)[CH2]N1C(=O)OC(C)(C)C. The van der Waals surface area contributed by atoms with Crippen molar-refractivity contribution < 1.29 is 28.2 Å². The summed E-state index contributed by atoms with van der Waals surface area (Å²) in [5, 5.41) is 4.11. The van der Waals surface area contributed by atoms with Crippen LogP contribution in [0, 0.1) is 5.82 Å². The van der Waals surface area contributed by atoms with Crippen LogP contribution in [0.25, 0.3) is 0 Å². The summed E-state index contributed by atoms with van der Waals surface area (Å²) in [6.45, 7) is 8.08. The van der Waals surface area contributed by atoms with Gasteiger partial charge in [0.2, 0.25) is 5.91 Å². The zero-order valence-corrected chi connectivity index (χ0v) is 19.5. The Morgan fingerprint density at radius 2 is 2.10 bits per heavy atom. The summed E-state index contributed by atoms with van der Waals surface area (Å²) in [7, 11) is 0. The van der Waals surface area contributed by atoms with Crippen LogP contribution in [0.2, 0.25) is 10.3 Å². The first kappa shape index (κ1) is 24.9. The van der Waals surface area contributed by atoms with Crippen molar-refractivity contribution in [2.24, 2.45) is 5.10 Å². The van der Waals surface area contributed by atoms with Crippen LogP contribution in [0.3, 0.4) is 0 Å². The molecular formula is C19H25AlClFN4O5. The lowest BCUT2D eigenvalue weighted by atomic mass is 10.2. The Bertz CT molecular complexity index is 851. The Morgan fingerprint density at radius 3 is 2.71 bits per heavy atom. The minimum Gasteiger partial charge on any atom is -0.484 e. The van der Waals surface area contributed by atoms with Gasteiger partial charge in [-0.05, 0) is 39.3 Å². The Kier molecular flexibility index (Phi) is 8.68. The number of ether oxygens (including phenoxy) is 2. The normalized spacial score (nSPS) is 16.4. The number of rotatable bonds is 6. The standard InChI is InChI=1S/C11H19N3O3.C8H7ClFNO2.Al/c1-7-8(9(15)13-12-5)14(6)10(16)17-11(2,3)4;9-6-2-1-5(3-7(6)10)13-4-8(11)12;/h8H,1,5-7H2,2-4H3,(H,13,15);1-3H,4H2,(H2,11,12);/q;;+1/p-1/t8-;;/m0../s1.